The van der Waals surface area contributed by atoms with Gasteiger partial charge in [-0.05, 0) is 93.3 Å². The zero-order valence-corrected chi connectivity index (χ0v) is 19.1. The number of carbonyl (C=O) groups excluding carboxylic acids is 1. The molecule has 1 heterocycles. The predicted octanol–water partition coefficient (Wildman–Crippen LogP) is 4.88. The van der Waals surface area contributed by atoms with E-state index in [9.17, 15) is 14.7 Å². The van der Waals surface area contributed by atoms with E-state index in [1.54, 1.807) is 6.92 Å². The van der Waals surface area contributed by atoms with E-state index in [1.807, 2.05) is 41.5 Å². The predicted molar refractivity (Wildman–Crippen MR) is 111 cm³/mol. The van der Waals surface area contributed by atoms with E-state index in [2.05, 4.69) is 22.6 Å². The SMILES string of the molecule is CCOC(=O)[C@@H](OC(C)(C)C)c1c(C)c2c(c(C)c1I)C(C)N(C(=O)O)C2. The molecule has 2 rings (SSSR count). The summed E-state index contributed by atoms with van der Waals surface area (Å²) in [4.78, 5) is 25.8. The first-order valence-electron chi connectivity index (χ1n) is 9.06. The highest BCUT2D eigenvalue weighted by Gasteiger charge is 2.38. The van der Waals surface area contributed by atoms with Crippen LogP contribution in [0.2, 0.25) is 0 Å². The number of halogens is 1. The highest BCUT2D eigenvalue weighted by atomic mass is 127. The average molecular weight is 489 g/mol. The standard InChI is InChI=1S/C20H28INO5/c1-8-26-18(23)17(27-20(5,6)7)15-10(2)13-9-22(19(24)25)12(4)14(13)11(3)16(15)21/h12,17H,8-9H2,1-7H3,(H,24,25)/t12?,17-/m0/s1. The van der Waals surface area contributed by atoms with Crippen LogP contribution in [0.1, 0.15) is 74.6 Å². The molecular formula is C20H28INO5. The van der Waals surface area contributed by atoms with Crippen LogP contribution in [0.15, 0.2) is 0 Å². The highest BCUT2D eigenvalue weighted by molar-refractivity contribution is 14.1. The molecule has 0 spiro atoms. The molecule has 0 saturated heterocycles. The quantitative estimate of drug-likeness (QED) is 0.482. The van der Waals surface area contributed by atoms with E-state index in [0.29, 0.717) is 6.54 Å². The molecule has 1 aromatic rings. The Hall–Kier alpha value is -1.35. The molecule has 0 bridgehead atoms. The van der Waals surface area contributed by atoms with Crippen molar-refractivity contribution in [2.24, 2.45) is 0 Å². The maximum Gasteiger partial charge on any atom is 0.408 e. The minimum atomic E-state index is -0.943. The lowest BCUT2D eigenvalue weighted by Crippen LogP contribution is -2.30. The molecule has 0 saturated carbocycles. The summed E-state index contributed by atoms with van der Waals surface area (Å²) in [6, 6.07) is -0.219. The number of nitrogens with zero attached hydrogens (tertiary/aromatic N) is 1. The Labute approximate surface area is 174 Å². The molecule has 1 N–H and O–H groups in total. The van der Waals surface area contributed by atoms with Gasteiger partial charge >= 0.3 is 12.1 Å². The minimum Gasteiger partial charge on any atom is -0.465 e. The summed E-state index contributed by atoms with van der Waals surface area (Å²) in [7, 11) is 0. The van der Waals surface area contributed by atoms with Crippen molar-refractivity contribution in [3.05, 3.63) is 31.4 Å². The van der Waals surface area contributed by atoms with Crippen molar-refractivity contribution in [3.8, 4) is 0 Å². The van der Waals surface area contributed by atoms with Crippen LogP contribution >= 0.6 is 22.6 Å². The molecule has 2 atom stereocenters. The molecule has 27 heavy (non-hydrogen) atoms. The lowest BCUT2D eigenvalue weighted by atomic mass is 9.89. The Bertz CT molecular complexity index is 769. The minimum absolute atomic E-state index is 0.219. The second-order valence-electron chi connectivity index (χ2n) is 7.82. The number of ether oxygens (including phenoxy) is 2. The molecule has 0 aliphatic carbocycles. The Morgan fingerprint density at radius 2 is 1.89 bits per heavy atom. The van der Waals surface area contributed by atoms with Gasteiger partial charge in [0.2, 0.25) is 0 Å². The lowest BCUT2D eigenvalue weighted by Gasteiger charge is -2.29. The van der Waals surface area contributed by atoms with E-state index in [1.165, 1.54) is 4.90 Å². The van der Waals surface area contributed by atoms with E-state index in [4.69, 9.17) is 9.47 Å². The van der Waals surface area contributed by atoms with Gasteiger partial charge in [-0.3, -0.25) is 4.90 Å². The maximum absolute atomic E-state index is 12.7. The Morgan fingerprint density at radius 3 is 2.37 bits per heavy atom. The molecule has 1 aliphatic heterocycles. The van der Waals surface area contributed by atoms with E-state index < -0.39 is 23.8 Å². The fourth-order valence-electron chi connectivity index (χ4n) is 3.65. The average Bonchev–Trinajstić information content (AvgIpc) is 2.89. The number of hydrogen-bond acceptors (Lipinski definition) is 4. The van der Waals surface area contributed by atoms with Crippen LogP contribution in [-0.2, 0) is 20.8 Å². The van der Waals surface area contributed by atoms with Crippen LogP contribution in [0.25, 0.3) is 0 Å². The third-order valence-electron chi connectivity index (χ3n) is 4.85. The van der Waals surface area contributed by atoms with Gasteiger partial charge in [-0.25, -0.2) is 9.59 Å². The van der Waals surface area contributed by atoms with E-state index in [-0.39, 0.29) is 12.6 Å². The Kier molecular flexibility index (Phi) is 6.46. The number of carboxylic acid groups (broad SMARTS) is 1. The van der Waals surface area contributed by atoms with Gasteiger partial charge < -0.3 is 14.6 Å². The second-order valence-corrected chi connectivity index (χ2v) is 8.90. The maximum atomic E-state index is 12.7. The smallest absolute Gasteiger partial charge is 0.408 e. The lowest BCUT2D eigenvalue weighted by molar-refractivity contribution is -0.167. The van der Waals surface area contributed by atoms with Crippen molar-refractivity contribution in [2.75, 3.05) is 6.61 Å². The summed E-state index contributed by atoms with van der Waals surface area (Å²) < 4.78 is 12.3. The Morgan fingerprint density at radius 1 is 1.30 bits per heavy atom. The van der Waals surface area contributed by atoms with Crippen LogP contribution in [0.5, 0.6) is 0 Å². The summed E-state index contributed by atoms with van der Waals surface area (Å²) in [5, 5.41) is 9.52. The topological polar surface area (TPSA) is 76.1 Å². The van der Waals surface area contributed by atoms with Gasteiger partial charge in [0.15, 0.2) is 6.10 Å². The molecule has 0 fully saturated rings. The molecule has 0 radical (unpaired) electrons. The van der Waals surface area contributed by atoms with Crippen molar-refractivity contribution in [1.29, 1.82) is 0 Å². The van der Waals surface area contributed by atoms with Crippen LogP contribution in [0, 0.1) is 17.4 Å². The summed E-state index contributed by atoms with van der Waals surface area (Å²) in [6.07, 6.45) is -1.79. The first-order chi connectivity index (χ1) is 12.4. The number of fused-ring (bicyclic) bond motifs is 1. The number of amides is 1. The molecule has 7 heteroatoms. The molecule has 6 nitrogen and oxygen atoms in total. The van der Waals surface area contributed by atoms with Crippen LogP contribution < -0.4 is 0 Å². The molecular weight excluding hydrogens is 461 g/mol. The third-order valence-corrected chi connectivity index (χ3v) is 6.24. The number of hydrogen-bond donors (Lipinski definition) is 1. The molecule has 1 aromatic carbocycles. The van der Waals surface area contributed by atoms with Crippen LogP contribution in [0.3, 0.4) is 0 Å². The summed E-state index contributed by atoms with van der Waals surface area (Å²) >= 11 is 2.23. The van der Waals surface area contributed by atoms with E-state index in [0.717, 1.165) is 31.4 Å². The summed E-state index contributed by atoms with van der Waals surface area (Å²) in [5.74, 6) is -0.422. The largest absolute Gasteiger partial charge is 0.465 e. The zero-order valence-electron chi connectivity index (χ0n) is 17.0. The van der Waals surface area contributed by atoms with Crippen molar-refractivity contribution in [2.45, 2.75) is 72.8 Å². The van der Waals surface area contributed by atoms with E-state index >= 15 is 0 Å². The van der Waals surface area contributed by atoms with Crippen molar-refractivity contribution in [3.63, 3.8) is 0 Å². The van der Waals surface area contributed by atoms with Gasteiger partial charge in [-0.1, -0.05) is 0 Å². The number of esters is 1. The highest BCUT2D eigenvalue weighted by Crippen LogP contribution is 2.44. The number of rotatable bonds is 4. The molecule has 0 aromatic heterocycles. The number of carbonyl (C=O) groups is 2. The van der Waals surface area contributed by atoms with Gasteiger partial charge in [0, 0.05) is 9.13 Å². The van der Waals surface area contributed by atoms with Gasteiger partial charge in [0.25, 0.3) is 0 Å². The second kappa shape index (κ2) is 7.95. The fraction of sp³-hybridized carbons (Fsp3) is 0.600. The first-order valence-corrected chi connectivity index (χ1v) is 10.1. The van der Waals surface area contributed by atoms with Crippen LogP contribution in [0.4, 0.5) is 4.79 Å². The Balaban J connectivity index is 2.67. The van der Waals surface area contributed by atoms with Gasteiger partial charge in [0.05, 0.1) is 24.8 Å². The van der Waals surface area contributed by atoms with Gasteiger partial charge in [0.1, 0.15) is 0 Å². The molecule has 1 aliphatic rings. The molecule has 1 amide bonds. The molecule has 150 valence electrons. The first kappa shape index (κ1) is 21.9. The zero-order chi connectivity index (χ0) is 20.7. The summed E-state index contributed by atoms with van der Waals surface area (Å²) in [5.41, 5.74) is 4.12. The number of benzene rings is 1. The van der Waals surface area contributed by atoms with Gasteiger partial charge in [-0.2, -0.15) is 0 Å². The normalized spacial score (nSPS) is 17.6. The van der Waals surface area contributed by atoms with Crippen molar-refractivity contribution >= 4 is 34.7 Å². The van der Waals surface area contributed by atoms with Crippen LogP contribution in [-0.4, -0.2) is 34.3 Å². The molecule has 1 unspecified atom stereocenters. The van der Waals surface area contributed by atoms with Crippen molar-refractivity contribution < 1.29 is 24.2 Å². The monoisotopic (exact) mass is 489 g/mol. The van der Waals surface area contributed by atoms with Gasteiger partial charge in [-0.15, -0.1) is 0 Å². The third kappa shape index (κ3) is 4.23. The van der Waals surface area contributed by atoms with Crippen molar-refractivity contribution in [1.82, 2.24) is 4.90 Å². The summed E-state index contributed by atoms with van der Waals surface area (Å²) in [6.45, 7) is 13.9. The fourth-order valence-corrected chi connectivity index (χ4v) is 4.63.